The van der Waals surface area contributed by atoms with Crippen molar-refractivity contribution in [3.8, 4) is 0 Å². The molecular weight excluding hydrogens is 200 g/mol. The molecule has 2 heterocycles. The highest BCUT2D eigenvalue weighted by Gasteiger charge is 2.22. The largest absolute Gasteiger partial charge is 0.355 e. The van der Waals surface area contributed by atoms with Crippen LogP contribution in [0.5, 0.6) is 0 Å². The standard InChI is InChI=1S/C12H20N4/c1-4-11-14-9(3)8(2)12(15-11)16-6-5-10(13)7-16/h10H,4-7,13H2,1-3H3. The van der Waals surface area contributed by atoms with E-state index in [2.05, 4.69) is 35.6 Å². The predicted octanol–water partition coefficient (Wildman–Crippen LogP) is 1.19. The normalized spacial score (nSPS) is 20.5. The summed E-state index contributed by atoms with van der Waals surface area (Å²) in [5, 5.41) is 0. The van der Waals surface area contributed by atoms with Gasteiger partial charge in [-0.3, -0.25) is 0 Å². The summed E-state index contributed by atoms with van der Waals surface area (Å²) >= 11 is 0. The highest BCUT2D eigenvalue weighted by atomic mass is 15.2. The smallest absolute Gasteiger partial charge is 0.135 e. The van der Waals surface area contributed by atoms with Crippen LogP contribution >= 0.6 is 0 Å². The molecule has 0 bridgehead atoms. The third-order valence-corrected chi connectivity index (χ3v) is 3.25. The van der Waals surface area contributed by atoms with E-state index in [1.165, 1.54) is 5.56 Å². The Morgan fingerprint density at radius 2 is 2.12 bits per heavy atom. The highest BCUT2D eigenvalue weighted by molar-refractivity contribution is 5.49. The van der Waals surface area contributed by atoms with Gasteiger partial charge < -0.3 is 10.6 Å². The first kappa shape index (κ1) is 11.3. The summed E-state index contributed by atoms with van der Waals surface area (Å²) in [5.41, 5.74) is 8.21. The number of aryl methyl sites for hydroxylation is 2. The third-order valence-electron chi connectivity index (χ3n) is 3.25. The van der Waals surface area contributed by atoms with Crippen molar-refractivity contribution in [2.45, 2.75) is 39.7 Å². The van der Waals surface area contributed by atoms with E-state index in [0.717, 1.165) is 43.3 Å². The van der Waals surface area contributed by atoms with Crippen LogP contribution < -0.4 is 10.6 Å². The van der Waals surface area contributed by atoms with Crippen molar-refractivity contribution in [1.82, 2.24) is 9.97 Å². The number of hydrogen-bond acceptors (Lipinski definition) is 4. The SMILES string of the molecule is CCc1nc(C)c(C)c(N2CCC(N)C2)n1. The molecule has 0 radical (unpaired) electrons. The first-order valence-electron chi connectivity index (χ1n) is 5.96. The Morgan fingerprint density at radius 3 is 2.69 bits per heavy atom. The molecule has 1 aliphatic heterocycles. The average molecular weight is 220 g/mol. The second-order valence-electron chi connectivity index (χ2n) is 4.52. The minimum absolute atomic E-state index is 0.291. The number of aromatic nitrogens is 2. The molecular formula is C12H20N4. The van der Waals surface area contributed by atoms with Gasteiger partial charge in [0.05, 0.1) is 0 Å². The molecule has 0 saturated carbocycles. The van der Waals surface area contributed by atoms with E-state index < -0.39 is 0 Å². The van der Waals surface area contributed by atoms with E-state index in [0.29, 0.717) is 6.04 Å². The summed E-state index contributed by atoms with van der Waals surface area (Å²) in [4.78, 5) is 11.4. The maximum Gasteiger partial charge on any atom is 0.135 e. The van der Waals surface area contributed by atoms with Crippen LogP contribution in [0.1, 0.15) is 30.4 Å². The molecule has 1 aromatic rings. The molecule has 2 rings (SSSR count). The van der Waals surface area contributed by atoms with Crippen LogP contribution in [-0.4, -0.2) is 29.1 Å². The van der Waals surface area contributed by atoms with E-state index in [-0.39, 0.29) is 0 Å². The van der Waals surface area contributed by atoms with Crippen molar-refractivity contribution in [2.24, 2.45) is 5.73 Å². The summed E-state index contributed by atoms with van der Waals surface area (Å²) in [6.45, 7) is 8.16. The molecule has 16 heavy (non-hydrogen) atoms. The Labute approximate surface area is 96.9 Å². The van der Waals surface area contributed by atoms with Gasteiger partial charge in [0.1, 0.15) is 11.6 Å². The number of rotatable bonds is 2. The van der Waals surface area contributed by atoms with Gasteiger partial charge in [-0.25, -0.2) is 9.97 Å². The van der Waals surface area contributed by atoms with Crippen molar-refractivity contribution >= 4 is 5.82 Å². The third kappa shape index (κ3) is 2.02. The molecule has 0 amide bonds. The molecule has 1 unspecified atom stereocenters. The van der Waals surface area contributed by atoms with Gasteiger partial charge in [0, 0.05) is 36.8 Å². The van der Waals surface area contributed by atoms with E-state index in [9.17, 15) is 0 Å². The summed E-state index contributed by atoms with van der Waals surface area (Å²) in [6, 6.07) is 0.291. The molecule has 4 heteroatoms. The van der Waals surface area contributed by atoms with E-state index in [1.54, 1.807) is 0 Å². The second kappa shape index (κ2) is 4.37. The topological polar surface area (TPSA) is 55.0 Å². The van der Waals surface area contributed by atoms with Gasteiger partial charge in [0.25, 0.3) is 0 Å². The quantitative estimate of drug-likeness (QED) is 0.813. The van der Waals surface area contributed by atoms with Gasteiger partial charge in [0.2, 0.25) is 0 Å². The van der Waals surface area contributed by atoms with Gasteiger partial charge in [-0.1, -0.05) is 6.92 Å². The minimum Gasteiger partial charge on any atom is -0.355 e. The van der Waals surface area contributed by atoms with Crippen LogP contribution in [0, 0.1) is 13.8 Å². The summed E-state index contributed by atoms with van der Waals surface area (Å²) in [6.07, 6.45) is 1.94. The molecule has 1 aromatic heterocycles. The van der Waals surface area contributed by atoms with Gasteiger partial charge in [-0.05, 0) is 20.3 Å². The molecule has 0 aliphatic carbocycles. The van der Waals surface area contributed by atoms with Crippen LogP contribution in [0.25, 0.3) is 0 Å². The molecule has 2 N–H and O–H groups in total. The lowest BCUT2D eigenvalue weighted by molar-refractivity contribution is 0.750. The van der Waals surface area contributed by atoms with Crippen LogP contribution in [0.15, 0.2) is 0 Å². The average Bonchev–Trinajstić information content (AvgIpc) is 2.68. The number of nitrogens with two attached hydrogens (primary N) is 1. The number of hydrogen-bond donors (Lipinski definition) is 1. The fourth-order valence-electron chi connectivity index (χ4n) is 2.12. The predicted molar refractivity (Wildman–Crippen MR) is 65.7 cm³/mol. The monoisotopic (exact) mass is 220 g/mol. The van der Waals surface area contributed by atoms with E-state index >= 15 is 0 Å². The van der Waals surface area contributed by atoms with Crippen molar-refractivity contribution in [1.29, 1.82) is 0 Å². The molecule has 0 spiro atoms. The zero-order valence-corrected chi connectivity index (χ0v) is 10.3. The maximum absolute atomic E-state index is 5.94. The first-order valence-corrected chi connectivity index (χ1v) is 5.96. The molecule has 1 fully saturated rings. The van der Waals surface area contributed by atoms with E-state index in [4.69, 9.17) is 5.73 Å². The lowest BCUT2D eigenvalue weighted by Gasteiger charge is -2.20. The van der Waals surface area contributed by atoms with Crippen molar-refractivity contribution in [3.63, 3.8) is 0 Å². The number of anilines is 1. The molecule has 0 aromatic carbocycles. The Bertz CT molecular complexity index is 389. The Hall–Kier alpha value is -1.16. The van der Waals surface area contributed by atoms with Crippen molar-refractivity contribution < 1.29 is 0 Å². The Balaban J connectivity index is 2.35. The van der Waals surface area contributed by atoms with Gasteiger partial charge in [-0.2, -0.15) is 0 Å². The molecule has 1 atom stereocenters. The Morgan fingerprint density at radius 1 is 1.38 bits per heavy atom. The van der Waals surface area contributed by atoms with E-state index in [1.807, 2.05) is 0 Å². The fourth-order valence-corrected chi connectivity index (χ4v) is 2.12. The van der Waals surface area contributed by atoms with Crippen molar-refractivity contribution in [3.05, 3.63) is 17.1 Å². The first-order chi connectivity index (χ1) is 7.61. The molecule has 88 valence electrons. The minimum atomic E-state index is 0.291. The number of nitrogens with zero attached hydrogens (tertiary/aromatic N) is 3. The Kier molecular flexibility index (Phi) is 3.10. The zero-order chi connectivity index (χ0) is 11.7. The van der Waals surface area contributed by atoms with Gasteiger partial charge >= 0.3 is 0 Å². The second-order valence-corrected chi connectivity index (χ2v) is 4.52. The fraction of sp³-hybridized carbons (Fsp3) is 0.667. The van der Waals surface area contributed by atoms with Gasteiger partial charge in [0.15, 0.2) is 0 Å². The summed E-state index contributed by atoms with van der Waals surface area (Å²) in [7, 11) is 0. The highest BCUT2D eigenvalue weighted by Crippen LogP contribution is 2.23. The summed E-state index contributed by atoms with van der Waals surface area (Å²) < 4.78 is 0. The van der Waals surface area contributed by atoms with Crippen LogP contribution in [0.2, 0.25) is 0 Å². The van der Waals surface area contributed by atoms with Crippen LogP contribution in [0.4, 0.5) is 5.82 Å². The maximum atomic E-state index is 5.94. The molecule has 1 aliphatic rings. The van der Waals surface area contributed by atoms with Gasteiger partial charge in [-0.15, -0.1) is 0 Å². The van der Waals surface area contributed by atoms with Crippen molar-refractivity contribution in [2.75, 3.05) is 18.0 Å². The lowest BCUT2D eigenvalue weighted by atomic mass is 10.2. The van der Waals surface area contributed by atoms with Crippen LogP contribution in [0.3, 0.4) is 0 Å². The molecule has 4 nitrogen and oxygen atoms in total. The zero-order valence-electron chi connectivity index (χ0n) is 10.3. The lowest BCUT2D eigenvalue weighted by Crippen LogP contribution is -2.28. The summed E-state index contributed by atoms with van der Waals surface area (Å²) in [5.74, 6) is 2.01. The van der Waals surface area contributed by atoms with Crippen LogP contribution in [-0.2, 0) is 6.42 Å². The molecule has 1 saturated heterocycles.